The molecule has 1 amide bonds. The Kier molecular flexibility index (Phi) is 4.11. The van der Waals surface area contributed by atoms with Gasteiger partial charge in [0.25, 0.3) is 5.56 Å². The average Bonchev–Trinajstić information content (AvgIpc) is 2.38. The van der Waals surface area contributed by atoms with Crippen molar-refractivity contribution in [3.05, 3.63) is 33.1 Å². The van der Waals surface area contributed by atoms with Crippen LogP contribution in [0.4, 0.5) is 0 Å². The molecule has 1 saturated heterocycles. The summed E-state index contributed by atoms with van der Waals surface area (Å²) in [5, 5.41) is 0. The van der Waals surface area contributed by atoms with Crippen molar-refractivity contribution in [1.82, 2.24) is 14.0 Å². The molecule has 1 aliphatic heterocycles. The summed E-state index contributed by atoms with van der Waals surface area (Å²) < 4.78 is 2.29. The van der Waals surface area contributed by atoms with Crippen LogP contribution in [0.25, 0.3) is 0 Å². The maximum atomic E-state index is 12.3. The van der Waals surface area contributed by atoms with Crippen molar-refractivity contribution in [2.45, 2.75) is 26.8 Å². The third-order valence-electron chi connectivity index (χ3n) is 3.79. The van der Waals surface area contributed by atoms with Crippen LogP contribution in [0.5, 0.6) is 0 Å². The van der Waals surface area contributed by atoms with E-state index in [0.29, 0.717) is 11.8 Å². The van der Waals surface area contributed by atoms with E-state index in [4.69, 9.17) is 0 Å². The van der Waals surface area contributed by atoms with Crippen LogP contribution in [0, 0.1) is 11.8 Å². The van der Waals surface area contributed by atoms with Gasteiger partial charge in [-0.1, -0.05) is 13.8 Å². The fraction of sp³-hybridized carbons (Fsp3) is 0.643. The minimum absolute atomic E-state index is 0.00755. The minimum atomic E-state index is -0.455. The minimum Gasteiger partial charge on any atom is -0.341 e. The Labute approximate surface area is 117 Å². The van der Waals surface area contributed by atoms with E-state index in [1.54, 1.807) is 0 Å². The van der Waals surface area contributed by atoms with Gasteiger partial charge >= 0.3 is 5.69 Å². The molecular formula is C14H21N3O3. The lowest BCUT2D eigenvalue weighted by molar-refractivity contribution is -0.134. The molecule has 2 rings (SSSR count). The molecule has 0 aromatic carbocycles. The van der Waals surface area contributed by atoms with Crippen molar-refractivity contribution in [2.24, 2.45) is 18.9 Å². The number of aromatic nitrogens is 2. The third-order valence-corrected chi connectivity index (χ3v) is 3.79. The first-order chi connectivity index (χ1) is 9.38. The first kappa shape index (κ1) is 14.6. The Balaban J connectivity index is 2.14. The third kappa shape index (κ3) is 3.00. The summed E-state index contributed by atoms with van der Waals surface area (Å²) in [4.78, 5) is 37.3. The van der Waals surface area contributed by atoms with Crippen molar-refractivity contribution < 1.29 is 4.79 Å². The zero-order valence-corrected chi connectivity index (χ0v) is 12.2. The molecule has 0 unspecified atom stereocenters. The van der Waals surface area contributed by atoms with Gasteiger partial charge in [-0.05, 0) is 18.3 Å². The predicted octanol–water partition coefficient (Wildman–Crippen LogP) is 0.0515. The van der Waals surface area contributed by atoms with Crippen LogP contribution in [-0.4, -0.2) is 33.0 Å². The highest BCUT2D eigenvalue weighted by Gasteiger charge is 2.25. The SMILES string of the molecule is C[C@H]1C[C@H](C)CN(C(=O)Cn2ccc(=O)n(C)c2=O)C1. The monoisotopic (exact) mass is 279 g/mol. The van der Waals surface area contributed by atoms with Crippen LogP contribution >= 0.6 is 0 Å². The van der Waals surface area contributed by atoms with Crippen LogP contribution in [0.15, 0.2) is 21.9 Å². The number of nitrogens with zero attached hydrogens (tertiary/aromatic N) is 3. The molecule has 0 aliphatic carbocycles. The summed E-state index contributed by atoms with van der Waals surface area (Å²) in [5.41, 5.74) is -0.817. The second kappa shape index (κ2) is 5.64. The first-order valence-corrected chi connectivity index (χ1v) is 6.92. The molecule has 1 aromatic heterocycles. The Bertz CT molecular complexity index is 607. The van der Waals surface area contributed by atoms with E-state index in [1.807, 2.05) is 4.90 Å². The molecular weight excluding hydrogens is 258 g/mol. The van der Waals surface area contributed by atoms with Crippen LogP contribution in [0.3, 0.4) is 0 Å². The van der Waals surface area contributed by atoms with Crippen molar-refractivity contribution in [1.29, 1.82) is 0 Å². The molecule has 1 aromatic rings. The number of carbonyl (C=O) groups excluding carboxylic acids is 1. The quantitative estimate of drug-likeness (QED) is 0.768. The summed E-state index contributed by atoms with van der Waals surface area (Å²) in [5.74, 6) is 0.906. The highest BCUT2D eigenvalue weighted by atomic mass is 16.2. The van der Waals surface area contributed by atoms with Crippen molar-refractivity contribution in [2.75, 3.05) is 13.1 Å². The topological polar surface area (TPSA) is 64.3 Å². The Morgan fingerprint density at radius 3 is 2.45 bits per heavy atom. The average molecular weight is 279 g/mol. The van der Waals surface area contributed by atoms with E-state index in [1.165, 1.54) is 23.9 Å². The molecule has 0 spiro atoms. The lowest BCUT2D eigenvalue weighted by Crippen LogP contribution is -2.46. The molecule has 1 aliphatic rings. The summed E-state index contributed by atoms with van der Waals surface area (Å²) in [6, 6.07) is 1.30. The zero-order valence-electron chi connectivity index (χ0n) is 12.2. The lowest BCUT2D eigenvalue weighted by atomic mass is 9.92. The van der Waals surface area contributed by atoms with Crippen LogP contribution in [-0.2, 0) is 18.4 Å². The van der Waals surface area contributed by atoms with E-state index in [2.05, 4.69) is 13.8 Å². The van der Waals surface area contributed by atoms with E-state index >= 15 is 0 Å². The van der Waals surface area contributed by atoms with Gasteiger partial charge in [-0.15, -0.1) is 0 Å². The normalized spacial score (nSPS) is 22.9. The first-order valence-electron chi connectivity index (χ1n) is 6.92. The highest BCUT2D eigenvalue weighted by molar-refractivity contribution is 5.76. The van der Waals surface area contributed by atoms with Gasteiger partial charge in [0, 0.05) is 32.4 Å². The number of hydrogen-bond acceptors (Lipinski definition) is 3. The molecule has 20 heavy (non-hydrogen) atoms. The highest BCUT2D eigenvalue weighted by Crippen LogP contribution is 2.20. The van der Waals surface area contributed by atoms with E-state index in [-0.39, 0.29) is 18.0 Å². The molecule has 0 bridgehead atoms. The van der Waals surface area contributed by atoms with Gasteiger partial charge in [-0.3, -0.25) is 18.7 Å². The Morgan fingerprint density at radius 2 is 1.85 bits per heavy atom. The summed E-state index contributed by atoms with van der Waals surface area (Å²) in [6.07, 6.45) is 2.52. The molecule has 1 fully saturated rings. The van der Waals surface area contributed by atoms with Crippen molar-refractivity contribution >= 4 is 5.91 Å². The molecule has 0 radical (unpaired) electrons. The predicted molar refractivity (Wildman–Crippen MR) is 75.5 cm³/mol. The van der Waals surface area contributed by atoms with Gasteiger partial charge in [0.2, 0.25) is 5.91 Å². The van der Waals surface area contributed by atoms with Crippen molar-refractivity contribution in [3.8, 4) is 0 Å². The molecule has 110 valence electrons. The maximum Gasteiger partial charge on any atom is 0.331 e. The molecule has 2 atom stereocenters. The van der Waals surface area contributed by atoms with E-state index in [9.17, 15) is 14.4 Å². The second-order valence-corrected chi connectivity index (χ2v) is 5.87. The number of likely N-dealkylation sites (tertiary alicyclic amines) is 1. The lowest BCUT2D eigenvalue weighted by Gasteiger charge is -2.35. The number of piperidine rings is 1. The van der Waals surface area contributed by atoms with Crippen LogP contribution in [0.1, 0.15) is 20.3 Å². The maximum absolute atomic E-state index is 12.3. The Morgan fingerprint density at radius 1 is 1.25 bits per heavy atom. The summed E-state index contributed by atoms with van der Waals surface area (Å²) in [7, 11) is 1.41. The smallest absolute Gasteiger partial charge is 0.331 e. The van der Waals surface area contributed by atoms with Gasteiger partial charge in [0.15, 0.2) is 0 Å². The zero-order chi connectivity index (χ0) is 14.9. The number of rotatable bonds is 2. The van der Waals surface area contributed by atoms with Gasteiger partial charge < -0.3 is 4.90 Å². The van der Waals surface area contributed by atoms with Gasteiger partial charge in [0.05, 0.1) is 0 Å². The summed E-state index contributed by atoms with van der Waals surface area (Å²) >= 11 is 0. The summed E-state index contributed by atoms with van der Waals surface area (Å²) in [6.45, 7) is 5.74. The Hall–Kier alpha value is -1.85. The van der Waals surface area contributed by atoms with Gasteiger partial charge in [-0.25, -0.2) is 4.79 Å². The molecule has 6 heteroatoms. The largest absolute Gasteiger partial charge is 0.341 e. The van der Waals surface area contributed by atoms with Crippen molar-refractivity contribution in [3.63, 3.8) is 0 Å². The number of amides is 1. The van der Waals surface area contributed by atoms with Gasteiger partial charge in [0.1, 0.15) is 6.54 Å². The van der Waals surface area contributed by atoms with Crippen LogP contribution in [0.2, 0.25) is 0 Å². The fourth-order valence-electron chi connectivity index (χ4n) is 2.85. The number of hydrogen-bond donors (Lipinski definition) is 0. The van der Waals surface area contributed by atoms with E-state index < -0.39 is 5.69 Å². The standard InChI is InChI=1S/C14H21N3O3/c1-10-6-11(2)8-17(7-10)13(19)9-16-5-4-12(18)15(3)14(16)20/h4-5,10-11H,6-9H2,1-3H3/t10-,11-/m0/s1. The van der Waals surface area contributed by atoms with Crippen LogP contribution < -0.4 is 11.2 Å². The fourth-order valence-corrected chi connectivity index (χ4v) is 2.85. The van der Waals surface area contributed by atoms with Gasteiger partial charge in [-0.2, -0.15) is 0 Å². The molecule has 2 heterocycles. The number of carbonyl (C=O) groups is 1. The van der Waals surface area contributed by atoms with E-state index in [0.717, 1.165) is 24.1 Å². The molecule has 6 nitrogen and oxygen atoms in total. The molecule has 0 saturated carbocycles. The second-order valence-electron chi connectivity index (χ2n) is 5.87. The molecule has 0 N–H and O–H groups in total.